The van der Waals surface area contributed by atoms with Crippen LogP contribution in [0.4, 0.5) is 0 Å². The highest BCUT2D eigenvalue weighted by Gasteiger charge is 2.59. The Bertz CT molecular complexity index is 584. The lowest BCUT2D eigenvalue weighted by molar-refractivity contribution is -0.139. The lowest BCUT2D eigenvalue weighted by Gasteiger charge is -2.25. The zero-order chi connectivity index (χ0) is 14.6. The fourth-order valence-electron chi connectivity index (χ4n) is 5.00. The van der Waals surface area contributed by atoms with Crippen molar-refractivity contribution in [3.63, 3.8) is 0 Å². The van der Waals surface area contributed by atoms with E-state index in [0.717, 1.165) is 24.8 Å². The van der Waals surface area contributed by atoms with Crippen LogP contribution in [-0.4, -0.2) is 18.4 Å². The third-order valence-electron chi connectivity index (χ3n) is 5.68. The van der Waals surface area contributed by atoms with Gasteiger partial charge in [-0.15, -0.1) is 0 Å². The molecule has 0 radical (unpaired) electrons. The summed E-state index contributed by atoms with van der Waals surface area (Å²) >= 11 is 0. The second-order valence-corrected chi connectivity index (χ2v) is 6.59. The predicted octanol–water partition coefficient (Wildman–Crippen LogP) is 2.83. The second kappa shape index (κ2) is 4.69. The van der Waals surface area contributed by atoms with Crippen LogP contribution in [0.2, 0.25) is 0 Å². The summed E-state index contributed by atoms with van der Waals surface area (Å²) in [4.78, 5) is 25.4. The molecule has 4 atom stereocenters. The maximum absolute atomic E-state index is 12.9. The normalized spacial score (nSPS) is 36.9. The zero-order valence-electron chi connectivity index (χ0n) is 12.2. The average Bonchev–Trinajstić information content (AvgIpc) is 3.20. The van der Waals surface area contributed by atoms with E-state index < -0.39 is 0 Å². The Labute approximate surface area is 124 Å². The van der Waals surface area contributed by atoms with Crippen molar-refractivity contribution >= 4 is 11.8 Å². The number of Topliss-reactive ketones (excluding diaryl/α,β-unsaturated/α-hetero) is 1. The van der Waals surface area contributed by atoms with Crippen LogP contribution in [0.25, 0.3) is 0 Å². The van der Waals surface area contributed by atoms with Crippen LogP contribution < -0.4 is 0 Å². The molecule has 0 spiro atoms. The van der Waals surface area contributed by atoms with Gasteiger partial charge in [0, 0.05) is 28.9 Å². The molecule has 2 bridgehead atoms. The highest BCUT2D eigenvalue weighted by atomic mass is 16.5. The summed E-state index contributed by atoms with van der Waals surface area (Å²) in [6, 6.07) is 0. The summed E-state index contributed by atoms with van der Waals surface area (Å²) in [5, 5.41) is 0. The molecule has 4 rings (SSSR count). The summed E-state index contributed by atoms with van der Waals surface area (Å²) in [7, 11) is 0. The van der Waals surface area contributed by atoms with Gasteiger partial charge in [0.25, 0.3) is 0 Å². The lowest BCUT2D eigenvalue weighted by Crippen LogP contribution is -2.26. The summed E-state index contributed by atoms with van der Waals surface area (Å²) < 4.78 is 5.28. The number of carbonyl (C=O) groups is 2. The first-order chi connectivity index (χ1) is 10.2. The number of allylic oxidation sites excluding steroid dienone is 5. The van der Waals surface area contributed by atoms with E-state index >= 15 is 0 Å². The first-order valence-corrected chi connectivity index (χ1v) is 8.02. The van der Waals surface area contributed by atoms with Gasteiger partial charge in [-0.1, -0.05) is 24.3 Å². The lowest BCUT2D eigenvalue weighted by atomic mass is 9.78. The van der Waals surface area contributed by atoms with E-state index in [1.54, 1.807) is 0 Å². The van der Waals surface area contributed by atoms with Gasteiger partial charge < -0.3 is 4.74 Å². The van der Waals surface area contributed by atoms with E-state index in [9.17, 15) is 9.59 Å². The molecule has 0 unspecified atom stereocenters. The van der Waals surface area contributed by atoms with Gasteiger partial charge in [0.2, 0.25) is 0 Å². The topological polar surface area (TPSA) is 43.4 Å². The van der Waals surface area contributed by atoms with Gasteiger partial charge in [0.15, 0.2) is 5.78 Å². The molecular weight excluding hydrogens is 264 g/mol. The quantitative estimate of drug-likeness (QED) is 0.748. The Balaban J connectivity index is 1.80. The van der Waals surface area contributed by atoms with Crippen LogP contribution in [-0.2, 0) is 14.3 Å². The van der Waals surface area contributed by atoms with Crippen molar-refractivity contribution in [3.05, 3.63) is 35.5 Å². The zero-order valence-corrected chi connectivity index (χ0v) is 12.2. The number of rotatable bonds is 3. The van der Waals surface area contributed by atoms with Crippen molar-refractivity contribution < 1.29 is 14.3 Å². The number of carbonyl (C=O) groups excluding carboxylic acids is 2. The van der Waals surface area contributed by atoms with E-state index in [0.29, 0.717) is 24.0 Å². The summed E-state index contributed by atoms with van der Waals surface area (Å²) in [5.41, 5.74) is 1.44. The van der Waals surface area contributed by atoms with Gasteiger partial charge in [0.1, 0.15) is 0 Å². The van der Waals surface area contributed by atoms with Gasteiger partial charge >= 0.3 is 5.97 Å². The minimum Gasteiger partial charge on any atom is -0.463 e. The first kappa shape index (κ1) is 13.1. The molecule has 2 saturated carbocycles. The first-order valence-electron chi connectivity index (χ1n) is 8.02. The molecule has 0 N–H and O–H groups in total. The minimum atomic E-state index is -0.255. The molecule has 0 aromatic rings. The van der Waals surface area contributed by atoms with Crippen molar-refractivity contribution in [2.45, 2.75) is 26.2 Å². The van der Waals surface area contributed by atoms with Crippen LogP contribution in [0.15, 0.2) is 35.5 Å². The monoisotopic (exact) mass is 284 g/mol. The Morgan fingerprint density at radius 3 is 2.52 bits per heavy atom. The van der Waals surface area contributed by atoms with Crippen LogP contribution >= 0.6 is 0 Å². The van der Waals surface area contributed by atoms with E-state index in [4.69, 9.17) is 4.74 Å². The van der Waals surface area contributed by atoms with Crippen molar-refractivity contribution in [2.24, 2.45) is 29.6 Å². The third kappa shape index (κ3) is 1.73. The average molecular weight is 284 g/mol. The van der Waals surface area contributed by atoms with Crippen LogP contribution in [0.3, 0.4) is 0 Å². The van der Waals surface area contributed by atoms with Crippen LogP contribution in [0.5, 0.6) is 0 Å². The number of ketones is 1. The smallest absolute Gasteiger partial charge is 0.334 e. The van der Waals surface area contributed by atoms with Gasteiger partial charge in [-0.3, -0.25) is 4.79 Å². The summed E-state index contributed by atoms with van der Waals surface area (Å²) in [5.74, 6) is 1.13. The molecule has 3 heteroatoms. The number of fused-ring (bicyclic) bond motifs is 5. The number of hydrogen-bond acceptors (Lipinski definition) is 3. The number of ether oxygens (including phenoxy) is 1. The van der Waals surface area contributed by atoms with E-state index in [2.05, 4.69) is 0 Å². The Morgan fingerprint density at radius 2 is 1.86 bits per heavy atom. The van der Waals surface area contributed by atoms with Crippen LogP contribution in [0, 0.1) is 29.6 Å². The maximum atomic E-state index is 12.9. The molecule has 4 aliphatic carbocycles. The van der Waals surface area contributed by atoms with Crippen molar-refractivity contribution in [3.8, 4) is 0 Å². The highest BCUT2D eigenvalue weighted by Crippen LogP contribution is 2.60. The van der Waals surface area contributed by atoms with Gasteiger partial charge in [0.05, 0.1) is 6.61 Å². The molecule has 0 heterocycles. The van der Waals surface area contributed by atoms with Gasteiger partial charge in [-0.2, -0.15) is 0 Å². The van der Waals surface area contributed by atoms with Crippen LogP contribution in [0.1, 0.15) is 26.2 Å². The Hall–Kier alpha value is -1.64. The summed E-state index contributed by atoms with van der Waals surface area (Å²) in [6.45, 7) is 2.19. The molecule has 0 amide bonds. The van der Waals surface area contributed by atoms with E-state index in [-0.39, 0.29) is 29.5 Å². The molecule has 3 nitrogen and oxygen atoms in total. The van der Waals surface area contributed by atoms with Gasteiger partial charge in [-0.05, 0) is 38.0 Å². The van der Waals surface area contributed by atoms with E-state index in [1.165, 1.54) is 0 Å². The van der Waals surface area contributed by atoms with Crippen molar-refractivity contribution in [1.29, 1.82) is 0 Å². The minimum absolute atomic E-state index is 0.0260. The molecule has 0 aromatic carbocycles. The third-order valence-corrected chi connectivity index (χ3v) is 5.68. The molecule has 0 aromatic heterocycles. The molecule has 0 aliphatic heterocycles. The number of esters is 1. The number of hydrogen-bond donors (Lipinski definition) is 0. The van der Waals surface area contributed by atoms with Gasteiger partial charge in [-0.25, -0.2) is 4.79 Å². The van der Waals surface area contributed by atoms with Crippen molar-refractivity contribution in [2.75, 3.05) is 6.61 Å². The standard InChI is InChI=1S/C18H20O3/c1-2-21-18(20)16-13-11-7-8-12(9-11)15(13)17(19)14(16)10-5-3-4-6-10/h3-6,10-13,15H,2,7-9H2,1H3/t11-,12+,13+,15-/m1/s1. The maximum Gasteiger partial charge on any atom is 0.334 e. The molecule has 110 valence electrons. The molecule has 21 heavy (non-hydrogen) atoms. The highest BCUT2D eigenvalue weighted by molar-refractivity contribution is 6.11. The van der Waals surface area contributed by atoms with Crippen molar-refractivity contribution in [1.82, 2.24) is 0 Å². The van der Waals surface area contributed by atoms with E-state index in [1.807, 2.05) is 31.2 Å². The molecule has 4 aliphatic rings. The Kier molecular flexibility index (Phi) is 2.91. The predicted molar refractivity (Wildman–Crippen MR) is 78.2 cm³/mol. The fourth-order valence-corrected chi connectivity index (χ4v) is 5.00. The Morgan fingerprint density at radius 1 is 1.19 bits per heavy atom. The fraction of sp³-hybridized carbons (Fsp3) is 0.556. The summed E-state index contributed by atoms with van der Waals surface area (Å²) in [6.07, 6.45) is 11.4. The SMILES string of the molecule is CCOC(=O)C1=C(C2C=CC=C2)C(=O)[C@@H]2[C@H]3CC[C@H](C3)[C@H]12. The largest absolute Gasteiger partial charge is 0.463 e. The molecular formula is C18H20O3. The second-order valence-electron chi connectivity index (χ2n) is 6.59. The molecule has 0 saturated heterocycles. The molecule has 2 fully saturated rings.